The Hall–Kier alpha value is -2.01. The SMILES string of the molecule is O=[N+]([O-])c1ccccc1/C=N\c1ccc(Br)cc1. The number of nitro groups is 1. The third kappa shape index (κ3) is 3.01. The highest BCUT2D eigenvalue weighted by Gasteiger charge is 2.09. The molecule has 0 N–H and O–H groups in total. The molecule has 0 bridgehead atoms. The maximum absolute atomic E-state index is 10.8. The number of aliphatic imine (C=N–C) groups is 1. The summed E-state index contributed by atoms with van der Waals surface area (Å²) in [5.74, 6) is 0. The van der Waals surface area contributed by atoms with Crippen LogP contribution in [-0.2, 0) is 0 Å². The Kier molecular flexibility index (Phi) is 3.84. The van der Waals surface area contributed by atoms with E-state index in [1.54, 1.807) is 18.2 Å². The smallest absolute Gasteiger partial charge is 0.258 e. The van der Waals surface area contributed by atoms with E-state index in [4.69, 9.17) is 0 Å². The van der Waals surface area contributed by atoms with Crippen LogP contribution in [0.15, 0.2) is 58.0 Å². The maximum Gasteiger partial charge on any atom is 0.278 e. The lowest BCUT2D eigenvalue weighted by molar-refractivity contribution is -0.385. The lowest BCUT2D eigenvalue weighted by Crippen LogP contribution is -1.93. The van der Waals surface area contributed by atoms with Crippen LogP contribution in [0.1, 0.15) is 5.56 Å². The zero-order valence-electron chi connectivity index (χ0n) is 9.29. The molecular weight excluding hydrogens is 296 g/mol. The van der Waals surface area contributed by atoms with Crippen molar-refractivity contribution in [3.63, 3.8) is 0 Å². The molecule has 0 amide bonds. The Morgan fingerprint density at radius 3 is 2.44 bits per heavy atom. The second kappa shape index (κ2) is 5.55. The molecular formula is C13H9BrN2O2. The average molecular weight is 305 g/mol. The molecule has 0 heterocycles. The number of benzene rings is 2. The minimum atomic E-state index is -0.414. The average Bonchev–Trinajstić information content (AvgIpc) is 2.38. The first-order valence-corrected chi connectivity index (χ1v) is 5.99. The summed E-state index contributed by atoms with van der Waals surface area (Å²) in [6.07, 6.45) is 1.50. The van der Waals surface area contributed by atoms with Crippen molar-refractivity contribution >= 4 is 33.5 Å². The van der Waals surface area contributed by atoms with Crippen molar-refractivity contribution < 1.29 is 4.92 Å². The molecule has 0 spiro atoms. The summed E-state index contributed by atoms with van der Waals surface area (Å²) in [5, 5.41) is 10.8. The highest BCUT2D eigenvalue weighted by Crippen LogP contribution is 2.19. The van der Waals surface area contributed by atoms with Crippen LogP contribution in [0.4, 0.5) is 11.4 Å². The molecule has 0 aromatic heterocycles. The van der Waals surface area contributed by atoms with Gasteiger partial charge in [0.15, 0.2) is 0 Å². The van der Waals surface area contributed by atoms with Gasteiger partial charge in [0.25, 0.3) is 5.69 Å². The lowest BCUT2D eigenvalue weighted by atomic mass is 10.2. The van der Waals surface area contributed by atoms with Gasteiger partial charge in [0.1, 0.15) is 0 Å². The third-order valence-electron chi connectivity index (χ3n) is 2.31. The van der Waals surface area contributed by atoms with Crippen molar-refractivity contribution in [2.45, 2.75) is 0 Å². The molecule has 90 valence electrons. The Labute approximate surface area is 112 Å². The highest BCUT2D eigenvalue weighted by atomic mass is 79.9. The van der Waals surface area contributed by atoms with Crippen LogP contribution in [0.3, 0.4) is 0 Å². The van der Waals surface area contributed by atoms with E-state index in [2.05, 4.69) is 20.9 Å². The van der Waals surface area contributed by atoms with E-state index in [-0.39, 0.29) is 5.69 Å². The van der Waals surface area contributed by atoms with Crippen LogP contribution in [0.25, 0.3) is 0 Å². The summed E-state index contributed by atoms with van der Waals surface area (Å²) >= 11 is 3.33. The van der Waals surface area contributed by atoms with E-state index in [0.29, 0.717) is 5.56 Å². The molecule has 2 aromatic carbocycles. The number of halogens is 1. The Morgan fingerprint density at radius 1 is 1.11 bits per heavy atom. The van der Waals surface area contributed by atoms with Crippen LogP contribution < -0.4 is 0 Å². The van der Waals surface area contributed by atoms with Gasteiger partial charge in [0.2, 0.25) is 0 Å². The summed E-state index contributed by atoms with van der Waals surface area (Å²) in [6.45, 7) is 0. The van der Waals surface area contributed by atoms with Crippen molar-refractivity contribution in [1.82, 2.24) is 0 Å². The van der Waals surface area contributed by atoms with Gasteiger partial charge in [-0.25, -0.2) is 0 Å². The van der Waals surface area contributed by atoms with E-state index < -0.39 is 4.92 Å². The van der Waals surface area contributed by atoms with Crippen LogP contribution in [0.2, 0.25) is 0 Å². The molecule has 0 aliphatic rings. The predicted octanol–water partition coefficient (Wildman–Crippen LogP) is 4.11. The van der Waals surface area contributed by atoms with Gasteiger partial charge >= 0.3 is 0 Å². The number of hydrogen-bond acceptors (Lipinski definition) is 3. The second-order valence-electron chi connectivity index (χ2n) is 3.55. The Morgan fingerprint density at radius 2 is 1.78 bits per heavy atom. The largest absolute Gasteiger partial charge is 0.278 e. The summed E-state index contributed by atoms with van der Waals surface area (Å²) < 4.78 is 0.965. The predicted molar refractivity (Wildman–Crippen MR) is 74.5 cm³/mol. The van der Waals surface area contributed by atoms with Crippen molar-refractivity contribution in [3.05, 3.63) is 68.7 Å². The maximum atomic E-state index is 10.8. The molecule has 0 saturated heterocycles. The quantitative estimate of drug-likeness (QED) is 0.487. The van der Waals surface area contributed by atoms with Gasteiger partial charge in [0, 0.05) is 16.8 Å². The van der Waals surface area contributed by atoms with Gasteiger partial charge in [-0.15, -0.1) is 0 Å². The van der Waals surface area contributed by atoms with Crippen molar-refractivity contribution in [2.75, 3.05) is 0 Å². The Bertz CT molecular complexity index is 594. The van der Waals surface area contributed by atoms with E-state index in [1.807, 2.05) is 24.3 Å². The minimum Gasteiger partial charge on any atom is -0.258 e. The summed E-state index contributed by atoms with van der Waals surface area (Å²) in [6, 6.07) is 13.9. The zero-order valence-corrected chi connectivity index (χ0v) is 10.9. The Balaban J connectivity index is 2.29. The van der Waals surface area contributed by atoms with Crippen LogP contribution in [0.5, 0.6) is 0 Å². The van der Waals surface area contributed by atoms with Crippen molar-refractivity contribution in [2.24, 2.45) is 4.99 Å². The van der Waals surface area contributed by atoms with Crippen molar-refractivity contribution in [1.29, 1.82) is 0 Å². The van der Waals surface area contributed by atoms with Crippen LogP contribution in [-0.4, -0.2) is 11.1 Å². The molecule has 0 saturated carbocycles. The van der Waals surface area contributed by atoms with E-state index >= 15 is 0 Å². The van der Waals surface area contributed by atoms with Gasteiger partial charge in [-0.2, -0.15) is 0 Å². The van der Waals surface area contributed by atoms with Crippen LogP contribution in [0, 0.1) is 10.1 Å². The van der Waals surface area contributed by atoms with Gasteiger partial charge in [-0.05, 0) is 30.3 Å². The molecule has 0 aliphatic carbocycles. The van der Waals surface area contributed by atoms with Gasteiger partial charge in [0.05, 0.1) is 16.2 Å². The van der Waals surface area contributed by atoms with E-state index in [0.717, 1.165) is 10.2 Å². The summed E-state index contributed by atoms with van der Waals surface area (Å²) in [4.78, 5) is 14.6. The first-order valence-electron chi connectivity index (χ1n) is 5.20. The van der Waals surface area contributed by atoms with Gasteiger partial charge in [-0.1, -0.05) is 28.1 Å². The number of hydrogen-bond donors (Lipinski definition) is 0. The number of nitro benzene ring substituents is 1. The normalized spacial score (nSPS) is 10.7. The molecule has 0 fully saturated rings. The summed E-state index contributed by atoms with van der Waals surface area (Å²) in [7, 11) is 0. The minimum absolute atomic E-state index is 0.0540. The molecule has 0 unspecified atom stereocenters. The van der Waals surface area contributed by atoms with E-state index in [9.17, 15) is 10.1 Å². The zero-order chi connectivity index (χ0) is 13.0. The number of para-hydroxylation sites is 1. The molecule has 5 heteroatoms. The standard InChI is InChI=1S/C13H9BrN2O2/c14-11-5-7-12(8-6-11)15-9-10-3-1-2-4-13(10)16(17)18/h1-9H/b15-9-. The monoisotopic (exact) mass is 304 g/mol. The van der Waals surface area contributed by atoms with Gasteiger partial charge in [-0.3, -0.25) is 15.1 Å². The topological polar surface area (TPSA) is 55.5 Å². The lowest BCUT2D eigenvalue weighted by Gasteiger charge is -1.97. The fourth-order valence-electron chi connectivity index (χ4n) is 1.43. The molecule has 4 nitrogen and oxygen atoms in total. The first kappa shape index (κ1) is 12.4. The highest BCUT2D eigenvalue weighted by molar-refractivity contribution is 9.10. The molecule has 0 atom stereocenters. The molecule has 18 heavy (non-hydrogen) atoms. The van der Waals surface area contributed by atoms with E-state index in [1.165, 1.54) is 12.3 Å². The van der Waals surface area contributed by atoms with Crippen molar-refractivity contribution in [3.8, 4) is 0 Å². The molecule has 0 radical (unpaired) electrons. The first-order chi connectivity index (χ1) is 8.66. The summed E-state index contributed by atoms with van der Waals surface area (Å²) in [5.41, 5.74) is 1.29. The fourth-order valence-corrected chi connectivity index (χ4v) is 1.70. The molecule has 2 rings (SSSR count). The second-order valence-corrected chi connectivity index (χ2v) is 4.47. The van der Waals surface area contributed by atoms with Gasteiger partial charge < -0.3 is 0 Å². The fraction of sp³-hybridized carbons (Fsp3) is 0. The number of rotatable bonds is 3. The number of nitrogens with zero attached hydrogens (tertiary/aromatic N) is 2. The van der Waals surface area contributed by atoms with Crippen LogP contribution >= 0.6 is 15.9 Å². The molecule has 2 aromatic rings. The molecule has 0 aliphatic heterocycles. The third-order valence-corrected chi connectivity index (χ3v) is 2.84.